The summed E-state index contributed by atoms with van der Waals surface area (Å²) in [6.07, 6.45) is 5.11. The zero-order valence-corrected chi connectivity index (χ0v) is 21.8. The number of nitrogens with zero attached hydrogens (tertiary/aromatic N) is 4. The van der Waals surface area contributed by atoms with Crippen LogP contribution < -0.4 is 10.0 Å². The second kappa shape index (κ2) is 11.2. The summed E-state index contributed by atoms with van der Waals surface area (Å²) in [5.41, 5.74) is 3.05. The number of anilines is 2. The lowest BCUT2D eigenvalue weighted by Gasteiger charge is -2.15. The van der Waals surface area contributed by atoms with Crippen molar-refractivity contribution in [2.24, 2.45) is 0 Å². The van der Waals surface area contributed by atoms with Gasteiger partial charge >= 0.3 is 0 Å². The van der Waals surface area contributed by atoms with Gasteiger partial charge in [0.15, 0.2) is 11.0 Å². The molecule has 4 rings (SSSR count). The van der Waals surface area contributed by atoms with Crippen LogP contribution in [0, 0.1) is 11.3 Å². The molecule has 12 heteroatoms. The quantitative estimate of drug-likeness (QED) is 0.326. The van der Waals surface area contributed by atoms with Crippen molar-refractivity contribution >= 4 is 50.8 Å². The first kappa shape index (κ1) is 25.9. The van der Waals surface area contributed by atoms with E-state index in [1.54, 1.807) is 6.92 Å². The topological polar surface area (TPSA) is 138 Å². The summed E-state index contributed by atoms with van der Waals surface area (Å²) >= 11 is 6.91. The molecule has 0 saturated carbocycles. The molecule has 1 unspecified atom stereocenters. The number of halogens is 1. The summed E-state index contributed by atoms with van der Waals surface area (Å²) in [7, 11) is -3.90. The van der Waals surface area contributed by atoms with Gasteiger partial charge in [-0.3, -0.25) is 9.52 Å². The zero-order chi connectivity index (χ0) is 25.7. The second-order valence-electron chi connectivity index (χ2n) is 8.24. The Morgan fingerprint density at radius 2 is 1.86 bits per heavy atom. The number of pyridine rings is 1. The van der Waals surface area contributed by atoms with Crippen LogP contribution in [0.5, 0.6) is 0 Å². The number of thioether (sulfide) groups is 1. The van der Waals surface area contributed by atoms with E-state index in [1.165, 1.54) is 48.2 Å². The van der Waals surface area contributed by atoms with Crippen LogP contribution in [0.25, 0.3) is 0 Å². The Balaban J connectivity index is 1.41. The van der Waals surface area contributed by atoms with Crippen molar-refractivity contribution in [2.75, 3.05) is 10.0 Å². The van der Waals surface area contributed by atoms with Gasteiger partial charge in [0.05, 0.1) is 15.7 Å². The van der Waals surface area contributed by atoms with E-state index in [0.29, 0.717) is 16.3 Å². The van der Waals surface area contributed by atoms with E-state index in [1.807, 2.05) is 6.07 Å². The molecule has 1 aromatic carbocycles. The molecule has 3 aromatic rings. The minimum atomic E-state index is -3.90. The van der Waals surface area contributed by atoms with Crippen molar-refractivity contribution in [1.29, 1.82) is 5.26 Å². The smallest absolute Gasteiger partial charge is 0.263 e. The number of nitrogens with one attached hydrogen (secondary N) is 2. The number of aromatic nitrogens is 3. The molecule has 2 aromatic heterocycles. The van der Waals surface area contributed by atoms with Crippen molar-refractivity contribution in [3.05, 3.63) is 64.4 Å². The Hall–Kier alpha value is -3.20. The third kappa shape index (κ3) is 6.32. The predicted molar refractivity (Wildman–Crippen MR) is 138 cm³/mol. The number of rotatable bonds is 7. The van der Waals surface area contributed by atoms with Gasteiger partial charge < -0.3 is 5.32 Å². The highest BCUT2D eigenvalue weighted by atomic mass is 35.5. The normalized spacial score (nSPS) is 14.1. The van der Waals surface area contributed by atoms with Gasteiger partial charge in [0.1, 0.15) is 11.1 Å². The lowest BCUT2D eigenvalue weighted by molar-refractivity contribution is -0.115. The number of amides is 1. The van der Waals surface area contributed by atoms with Crippen molar-refractivity contribution in [1.82, 2.24) is 15.2 Å². The molecular weight excluding hydrogens is 520 g/mol. The van der Waals surface area contributed by atoms with Gasteiger partial charge in [-0.2, -0.15) is 5.26 Å². The number of carbonyl (C=O) groups is 1. The molecule has 2 N–H and O–H groups in total. The summed E-state index contributed by atoms with van der Waals surface area (Å²) in [5, 5.41) is 19.8. The summed E-state index contributed by atoms with van der Waals surface area (Å²) in [4.78, 5) is 17.5. The molecular formula is C24H23ClN6O3S2. The number of fused-ring (bicyclic) bond motifs is 1. The summed E-state index contributed by atoms with van der Waals surface area (Å²) < 4.78 is 27.5. The minimum Gasteiger partial charge on any atom is -0.325 e. The molecule has 9 nitrogen and oxygen atoms in total. The SMILES string of the molecule is CC(Sc1nc2c(cc1C#N)CCCCC2)C(=O)Nc1ccc(S(=O)(=O)Nc2ccc(Cl)nn2)cc1. The number of hydrogen-bond donors (Lipinski definition) is 2. The highest BCUT2D eigenvalue weighted by Gasteiger charge is 2.21. The molecule has 1 aliphatic carbocycles. The summed E-state index contributed by atoms with van der Waals surface area (Å²) in [6.45, 7) is 1.74. The molecule has 1 atom stereocenters. The van der Waals surface area contributed by atoms with E-state index in [-0.39, 0.29) is 21.8 Å². The summed E-state index contributed by atoms with van der Waals surface area (Å²) in [6, 6.07) is 12.7. The number of carbonyl (C=O) groups excluding carboxylic acids is 1. The molecule has 1 amide bonds. The Bertz CT molecular complexity index is 1410. The van der Waals surface area contributed by atoms with Gasteiger partial charge in [0.2, 0.25) is 5.91 Å². The molecule has 0 fully saturated rings. The van der Waals surface area contributed by atoms with Crippen LogP contribution in [-0.4, -0.2) is 34.8 Å². The number of nitriles is 1. The van der Waals surface area contributed by atoms with Crippen LogP contribution in [0.2, 0.25) is 5.15 Å². The van der Waals surface area contributed by atoms with Crippen LogP contribution in [-0.2, 0) is 27.7 Å². The molecule has 0 spiro atoms. The molecule has 0 aliphatic heterocycles. The fraction of sp³-hybridized carbons (Fsp3) is 0.292. The highest BCUT2D eigenvalue weighted by Crippen LogP contribution is 2.30. The average Bonchev–Trinajstić information content (AvgIpc) is 3.10. The molecule has 2 heterocycles. The maximum atomic E-state index is 12.8. The first-order valence-electron chi connectivity index (χ1n) is 11.3. The van der Waals surface area contributed by atoms with E-state index in [0.717, 1.165) is 43.4 Å². The van der Waals surface area contributed by atoms with Crippen molar-refractivity contribution in [2.45, 2.75) is 54.2 Å². The van der Waals surface area contributed by atoms with Crippen LogP contribution in [0.1, 0.15) is 43.0 Å². The molecule has 0 radical (unpaired) electrons. The second-order valence-corrected chi connectivity index (χ2v) is 11.6. The number of hydrogen-bond acceptors (Lipinski definition) is 8. The van der Waals surface area contributed by atoms with Gasteiger partial charge in [-0.25, -0.2) is 13.4 Å². The van der Waals surface area contributed by atoms with Gasteiger partial charge in [-0.05, 0) is 80.6 Å². The maximum Gasteiger partial charge on any atom is 0.263 e. The minimum absolute atomic E-state index is 0.00693. The van der Waals surface area contributed by atoms with Crippen LogP contribution in [0.15, 0.2) is 52.4 Å². The van der Waals surface area contributed by atoms with Gasteiger partial charge in [-0.15, -0.1) is 10.2 Å². The Kier molecular flexibility index (Phi) is 8.08. The molecule has 1 aliphatic rings. The van der Waals surface area contributed by atoms with Crippen molar-refractivity contribution in [3.8, 4) is 6.07 Å². The monoisotopic (exact) mass is 542 g/mol. The first-order valence-corrected chi connectivity index (χ1v) is 14.0. The van der Waals surface area contributed by atoms with E-state index >= 15 is 0 Å². The molecule has 186 valence electrons. The first-order chi connectivity index (χ1) is 17.2. The standard InChI is InChI=1S/C24H23ClN6O3S2/c1-15(35-24-17(14-26)13-16-5-3-2-4-6-20(16)28-24)23(32)27-18-7-9-19(10-8-18)36(33,34)31-22-12-11-21(25)29-30-22/h7-13,15H,2-6H2,1H3,(H,27,32)(H,30,31). The molecule has 0 bridgehead atoms. The van der Waals surface area contributed by atoms with Crippen LogP contribution in [0.4, 0.5) is 11.5 Å². The predicted octanol–water partition coefficient (Wildman–Crippen LogP) is 4.59. The zero-order valence-electron chi connectivity index (χ0n) is 19.4. The van der Waals surface area contributed by atoms with Crippen LogP contribution >= 0.6 is 23.4 Å². The van der Waals surface area contributed by atoms with Gasteiger partial charge in [0.25, 0.3) is 10.0 Å². The number of sulfonamides is 1. The van der Waals surface area contributed by atoms with Gasteiger partial charge in [0, 0.05) is 11.4 Å². The lowest BCUT2D eigenvalue weighted by atomic mass is 10.1. The maximum absolute atomic E-state index is 12.8. The van der Waals surface area contributed by atoms with E-state index in [9.17, 15) is 18.5 Å². The van der Waals surface area contributed by atoms with E-state index in [4.69, 9.17) is 16.6 Å². The van der Waals surface area contributed by atoms with Crippen molar-refractivity contribution in [3.63, 3.8) is 0 Å². The summed E-state index contributed by atoms with van der Waals surface area (Å²) in [5.74, 6) is -0.253. The van der Waals surface area contributed by atoms with E-state index < -0.39 is 15.3 Å². The molecule has 0 saturated heterocycles. The fourth-order valence-electron chi connectivity index (χ4n) is 3.71. The highest BCUT2D eigenvalue weighted by molar-refractivity contribution is 8.00. The lowest BCUT2D eigenvalue weighted by Crippen LogP contribution is -2.23. The average molecular weight is 543 g/mol. The Labute approximate surface area is 218 Å². The van der Waals surface area contributed by atoms with Crippen molar-refractivity contribution < 1.29 is 13.2 Å². The fourth-order valence-corrected chi connectivity index (χ4v) is 5.70. The third-order valence-electron chi connectivity index (χ3n) is 5.60. The third-order valence-corrected chi connectivity index (χ3v) is 8.27. The van der Waals surface area contributed by atoms with Crippen LogP contribution in [0.3, 0.4) is 0 Å². The largest absolute Gasteiger partial charge is 0.325 e. The molecule has 36 heavy (non-hydrogen) atoms. The Morgan fingerprint density at radius 3 is 2.56 bits per heavy atom. The van der Waals surface area contributed by atoms with Gasteiger partial charge in [-0.1, -0.05) is 29.8 Å². The number of benzene rings is 1. The van der Waals surface area contributed by atoms with E-state index in [2.05, 4.69) is 26.3 Å². The number of aryl methyl sites for hydroxylation is 2. The Morgan fingerprint density at radius 1 is 1.11 bits per heavy atom.